The summed E-state index contributed by atoms with van der Waals surface area (Å²) in [6.07, 6.45) is 6.57. The van der Waals surface area contributed by atoms with Crippen LogP contribution in [0.15, 0.2) is 36.0 Å². The van der Waals surface area contributed by atoms with Crippen LogP contribution in [0, 0.1) is 0 Å². The van der Waals surface area contributed by atoms with E-state index < -0.39 is 0 Å². The van der Waals surface area contributed by atoms with Crippen molar-refractivity contribution in [1.82, 2.24) is 0 Å². The number of allylic oxidation sites excluding steroid dienone is 4. The largest absolute Gasteiger partial charge is 0.0931 e. The van der Waals surface area contributed by atoms with Gasteiger partial charge in [-0.05, 0) is 0 Å². The Morgan fingerprint density at radius 3 is 2.27 bits per heavy atom. The number of alkyl halides is 1. The van der Waals surface area contributed by atoms with Gasteiger partial charge in [0.1, 0.15) is 0 Å². The average molecular weight is 443 g/mol. The van der Waals surface area contributed by atoms with Gasteiger partial charge >= 0.3 is 84.8 Å². The van der Waals surface area contributed by atoms with Crippen LogP contribution in [-0.4, -0.2) is 14.5 Å². The standard InChI is InChI=1S/C10H14O.C2H5Br.W/c1-4-9(2)5-6-10(3)7-8-11;1-2-3;/h4-6,11H,3,7H2,1-2H3;2H2,1H3;/b6-5-,9-4-;;. The van der Waals surface area contributed by atoms with Gasteiger partial charge in [-0.3, -0.25) is 0 Å². The normalized spacial score (nSPS) is 10.9. The number of aliphatic hydroxyl groups is 1. The molecule has 0 aromatic rings. The Balaban J connectivity index is 0. The second kappa shape index (κ2) is 12.3. The molecule has 0 bridgehead atoms. The van der Waals surface area contributed by atoms with Crippen molar-refractivity contribution in [3.05, 3.63) is 36.0 Å². The molecule has 0 unspecified atom stereocenters. The third-order valence-corrected chi connectivity index (χ3v) is 1.93. The molecule has 0 saturated carbocycles. The van der Waals surface area contributed by atoms with E-state index in [0.717, 1.165) is 30.3 Å². The predicted molar refractivity (Wildman–Crippen MR) is 68.7 cm³/mol. The molecule has 0 aliphatic carbocycles. The Morgan fingerprint density at radius 1 is 1.47 bits per heavy atom. The van der Waals surface area contributed by atoms with Crippen LogP contribution in [0.4, 0.5) is 0 Å². The van der Waals surface area contributed by atoms with Gasteiger partial charge in [-0.2, -0.15) is 0 Å². The average Bonchev–Trinajstić information content (AvgIpc) is 2.14. The van der Waals surface area contributed by atoms with Crippen LogP contribution in [0.3, 0.4) is 0 Å². The van der Waals surface area contributed by atoms with Crippen molar-refractivity contribution in [3.8, 4) is 0 Å². The molecule has 1 nitrogen and oxygen atoms in total. The summed E-state index contributed by atoms with van der Waals surface area (Å²) in [6, 6.07) is 0. The summed E-state index contributed by atoms with van der Waals surface area (Å²) in [5.74, 6) is 0. The molecule has 3 heteroatoms. The maximum absolute atomic E-state index is 8.99. The van der Waals surface area contributed by atoms with Crippen molar-refractivity contribution in [2.24, 2.45) is 0 Å². The second-order valence-corrected chi connectivity index (χ2v) is 5.68. The summed E-state index contributed by atoms with van der Waals surface area (Å²) in [6.45, 7) is 9.89. The van der Waals surface area contributed by atoms with E-state index in [0.29, 0.717) is 10.5 Å². The van der Waals surface area contributed by atoms with Crippen molar-refractivity contribution in [2.75, 3.05) is 5.33 Å². The van der Waals surface area contributed by atoms with Gasteiger partial charge in [0.2, 0.25) is 0 Å². The van der Waals surface area contributed by atoms with Crippen LogP contribution in [0.25, 0.3) is 0 Å². The van der Waals surface area contributed by atoms with Crippen LogP contribution in [0.5, 0.6) is 0 Å². The molecule has 15 heavy (non-hydrogen) atoms. The first-order chi connectivity index (χ1) is 6.97. The summed E-state index contributed by atoms with van der Waals surface area (Å²) < 4.78 is 0.489. The van der Waals surface area contributed by atoms with Crippen molar-refractivity contribution < 1.29 is 24.5 Å². The Hall–Kier alpha value is 0.218. The first kappa shape index (κ1) is 17.6. The summed E-state index contributed by atoms with van der Waals surface area (Å²) in [7, 11) is 0. The fraction of sp³-hybridized carbons (Fsp3) is 0.417. The minimum Gasteiger partial charge on any atom is -0.0931 e. The van der Waals surface area contributed by atoms with Gasteiger partial charge in [-0.15, -0.1) is 0 Å². The molecule has 0 amide bonds. The molecule has 0 saturated heterocycles. The van der Waals surface area contributed by atoms with Gasteiger partial charge in [0, 0.05) is 5.33 Å². The Bertz CT molecular complexity index is 254. The third-order valence-electron chi connectivity index (χ3n) is 1.42. The molecular weight excluding hydrogens is 424 g/mol. The van der Waals surface area contributed by atoms with Crippen molar-refractivity contribution in [2.45, 2.75) is 27.2 Å². The van der Waals surface area contributed by atoms with E-state index in [9.17, 15) is 0 Å². The quantitative estimate of drug-likeness (QED) is 0.517. The van der Waals surface area contributed by atoms with Gasteiger partial charge in [0.15, 0.2) is 0 Å². The zero-order valence-electron chi connectivity index (χ0n) is 9.59. The van der Waals surface area contributed by atoms with E-state index in [2.05, 4.69) is 22.5 Å². The van der Waals surface area contributed by atoms with E-state index in [1.54, 1.807) is 0 Å². The van der Waals surface area contributed by atoms with E-state index in [-0.39, 0.29) is 0 Å². The van der Waals surface area contributed by atoms with Crippen molar-refractivity contribution >= 4 is 20.0 Å². The number of halogens is 1. The Kier molecular flexibility index (Phi) is 14.4. The minimum atomic E-state index is 0.489. The number of aliphatic hydroxyl groups excluding tert-OH is 1. The molecular formula is C12H19BrOW. The van der Waals surface area contributed by atoms with E-state index >= 15 is 0 Å². The van der Waals surface area contributed by atoms with Crippen molar-refractivity contribution in [3.63, 3.8) is 0 Å². The maximum atomic E-state index is 8.99. The second-order valence-electron chi connectivity index (χ2n) is 2.86. The van der Waals surface area contributed by atoms with Crippen LogP contribution in [0.1, 0.15) is 27.2 Å². The van der Waals surface area contributed by atoms with Crippen LogP contribution < -0.4 is 0 Å². The summed E-state index contributed by atoms with van der Waals surface area (Å²) in [4.78, 5) is 0. The molecule has 0 radical (unpaired) electrons. The van der Waals surface area contributed by atoms with Gasteiger partial charge in [-0.1, -0.05) is 22.9 Å². The molecule has 0 spiro atoms. The zero-order chi connectivity index (χ0) is 12.3. The fourth-order valence-electron chi connectivity index (χ4n) is 0.599. The van der Waals surface area contributed by atoms with E-state index in [1.165, 1.54) is 5.57 Å². The Morgan fingerprint density at radius 2 is 1.93 bits per heavy atom. The molecule has 0 aliphatic rings. The number of hydrogen-bond donors (Lipinski definition) is 1. The van der Waals surface area contributed by atoms with E-state index in [4.69, 9.17) is 5.11 Å². The molecule has 1 N–H and O–H groups in total. The molecule has 0 aromatic carbocycles. The third kappa shape index (κ3) is 16.9. The number of rotatable bonds is 4. The summed E-state index contributed by atoms with van der Waals surface area (Å²) in [5.41, 5.74) is 2.16. The van der Waals surface area contributed by atoms with Gasteiger partial charge in [-0.25, -0.2) is 0 Å². The smallest absolute Gasteiger partial charge is 0.000281 e. The van der Waals surface area contributed by atoms with Crippen LogP contribution in [-0.2, 0) is 19.4 Å². The van der Waals surface area contributed by atoms with E-state index in [1.807, 2.05) is 39.0 Å². The molecule has 0 rings (SSSR count). The Labute approximate surface area is 113 Å². The summed E-state index contributed by atoms with van der Waals surface area (Å²) in [5, 5.41) is 10.1. The first-order valence-electron chi connectivity index (χ1n) is 4.74. The first-order valence-corrected chi connectivity index (χ1v) is 7.33. The maximum Gasteiger partial charge on any atom is 0.000281 e. The minimum absolute atomic E-state index is 0.489. The molecule has 0 atom stereocenters. The van der Waals surface area contributed by atoms with Gasteiger partial charge in [0.05, 0.1) is 0 Å². The summed E-state index contributed by atoms with van der Waals surface area (Å²) >= 11 is 4.26. The van der Waals surface area contributed by atoms with Gasteiger partial charge in [0.25, 0.3) is 0 Å². The SMILES string of the molecule is C=C(/C=C\C(C)=C/C)C[C](O)=[W].CCBr. The molecule has 86 valence electrons. The van der Waals surface area contributed by atoms with Crippen LogP contribution in [0.2, 0.25) is 0 Å². The topological polar surface area (TPSA) is 20.2 Å². The number of hydrogen-bond acceptors (Lipinski definition) is 1. The zero-order valence-corrected chi connectivity index (χ0v) is 14.1. The molecule has 0 aromatic heterocycles. The molecule has 0 heterocycles. The predicted octanol–water partition coefficient (Wildman–Crippen LogP) is 3.91. The molecule has 0 fully saturated rings. The van der Waals surface area contributed by atoms with Crippen LogP contribution >= 0.6 is 15.9 Å². The fourth-order valence-corrected chi connectivity index (χ4v) is 1.26. The molecule has 0 aliphatic heterocycles. The van der Waals surface area contributed by atoms with Crippen molar-refractivity contribution in [1.29, 1.82) is 0 Å². The van der Waals surface area contributed by atoms with Gasteiger partial charge < -0.3 is 0 Å². The monoisotopic (exact) mass is 442 g/mol.